The van der Waals surface area contributed by atoms with E-state index in [-0.39, 0.29) is 11.3 Å². The predicted molar refractivity (Wildman–Crippen MR) is 87.4 cm³/mol. The summed E-state index contributed by atoms with van der Waals surface area (Å²) in [5, 5.41) is 6.27. The second kappa shape index (κ2) is 7.08. The predicted octanol–water partition coefficient (Wildman–Crippen LogP) is 2.64. The molecule has 116 valence electrons. The first-order valence-electron chi connectivity index (χ1n) is 8.08. The van der Waals surface area contributed by atoms with Crippen LogP contribution in [0.2, 0.25) is 0 Å². The number of hydrogen-bond acceptors (Lipinski definition) is 2. The topological polar surface area (TPSA) is 41.1 Å². The highest BCUT2D eigenvalue weighted by Crippen LogP contribution is 2.27. The number of nitrogens with one attached hydrogen (secondary N) is 2. The highest BCUT2D eigenvalue weighted by Gasteiger charge is 2.22. The second-order valence-electron chi connectivity index (χ2n) is 6.79. The standard InChI is InChI=1S/C18H28N2O/c1-4-14-7-9-16(10-8-14)18(2,3)13-20-17(21)12-19-11-15-5-6-15/h7-10,15,19H,4-6,11-13H2,1-3H3,(H,20,21). The lowest BCUT2D eigenvalue weighted by molar-refractivity contribution is -0.120. The molecule has 21 heavy (non-hydrogen) atoms. The lowest BCUT2D eigenvalue weighted by atomic mass is 9.84. The van der Waals surface area contributed by atoms with Crippen LogP contribution in [0.3, 0.4) is 0 Å². The summed E-state index contributed by atoms with van der Waals surface area (Å²) in [4.78, 5) is 11.8. The Kier molecular flexibility index (Phi) is 5.40. The summed E-state index contributed by atoms with van der Waals surface area (Å²) in [6.07, 6.45) is 3.69. The Hall–Kier alpha value is -1.35. The van der Waals surface area contributed by atoms with Crippen molar-refractivity contribution >= 4 is 5.91 Å². The molecule has 1 aromatic rings. The highest BCUT2D eigenvalue weighted by molar-refractivity contribution is 5.78. The molecule has 0 aromatic heterocycles. The van der Waals surface area contributed by atoms with Gasteiger partial charge in [0, 0.05) is 12.0 Å². The molecule has 2 N–H and O–H groups in total. The van der Waals surface area contributed by atoms with Crippen molar-refractivity contribution in [2.75, 3.05) is 19.6 Å². The largest absolute Gasteiger partial charge is 0.354 e. The van der Waals surface area contributed by atoms with Gasteiger partial charge in [-0.2, -0.15) is 0 Å². The van der Waals surface area contributed by atoms with Gasteiger partial charge in [0.2, 0.25) is 5.91 Å². The van der Waals surface area contributed by atoms with E-state index in [4.69, 9.17) is 0 Å². The quantitative estimate of drug-likeness (QED) is 0.772. The van der Waals surface area contributed by atoms with Gasteiger partial charge in [-0.1, -0.05) is 45.0 Å². The van der Waals surface area contributed by atoms with Gasteiger partial charge in [0.15, 0.2) is 0 Å². The van der Waals surface area contributed by atoms with Gasteiger partial charge in [-0.05, 0) is 42.9 Å². The van der Waals surface area contributed by atoms with Crippen LogP contribution in [0.4, 0.5) is 0 Å². The Bertz CT molecular complexity index is 461. The van der Waals surface area contributed by atoms with Crippen LogP contribution in [0, 0.1) is 5.92 Å². The zero-order chi connectivity index (χ0) is 15.3. The van der Waals surface area contributed by atoms with E-state index in [0.29, 0.717) is 13.1 Å². The SMILES string of the molecule is CCc1ccc(C(C)(C)CNC(=O)CNCC2CC2)cc1. The van der Waals surface area contributed by atoms with Crippen molar-refractivity contribution in [1.82, 2.24) is 10.6 Å². The van der Waals surface area contributed by atoms with Crippen molar-refractivity contribution in [3.8, 4) is 0 Å². The van der Waals surface area contributed by atoms with Crippen LogP contribution in [-0.4, -0.2) is 25.5 Å². The lowest BCUT2D eigenvalue weighted by Crippen LogP contribution is -2.41. The van der Waals surface area contributed by atoms with E-state index in [1.165, 1.54) is 24.0 Å². The smallest absolute Gasteiger partial charge is 0.233 e. The molecule has 0 aliphatic heterocycles. The maximum absolute atomic E-state index is 11.8. The van der Waals surface area contributed by atoms with Gasteiger partial charge in [0.05, 0.1) is 6.54 Å². The van der Waals surface area contributed by atoms with Gasteiger partial charge < -0.3 is 10.6 Å². The number of carbonyl (C=O) groups excluding carboxylic acids is 1. The first kappa shape index (κ1) is 16.0. The third-order valence-electron chi connectivity index (χ3n) is 4.29. The molecule has 1 aromatic carbocycles. The minimum Gasteiger partial charge on any atom is -0.354 e. The third kappa shape index (κ3) is 5.16. The van der Waals surface area contributed by atoms with Crippen LogP contribution in [0.1, 0.15) is 44.7 Å². The van der Waals surface area contributed by atoms with Crippen LogP contribution in [0.5, 0.6) is 0 Å². The van der Waals surface area contributed by atoms with Crippen molar-refractivity contribution in [3.63, 3.8) is 0 Å². The molecule has 0 atom stereocenters. The Morgan fingerprint density at radius 1 is 1.24 bits per heavy atom. The Labute approximate surface area is 128 Å². The number of benzene rings is 1. The van der Waals surface area contributed by atoms with E-state index >= 15 is 0 Å². The zero-order valence-corrected chi connectivity index (χ0v) is 13.5. The van der Waals surface area contributed by atoms with E-state index in [1.807, 2.05) is 0 Å². The molecule has 3 heteroatoms. The van der Waals surface area contributed by atoms with Gasteiger partial charge in [-0.25, -0.2) is 0 Å². The second-order valence-corrected chi connectivity index (χ2v) is 6.79. The van der Waals surface area contributed by atoms with Gasteiger partial charge >= 0.3 is 0 Å². The summed E-state index contributed by atoms with van der Waals surface area (Å²) in [7, 11) is 0. The van der Waals surface area contributed by atoms with Crippen LogP contribution in [-0.2, 0) is 16.6 Å². The van der Waals surface area contributed by atoms with Gasteiger partial charge in [0.25, 0.3) is 0 Å². The molecule has 3 nitrogen and oxygen atoms in total. The molecular formula is C18H28N2O. The number of carbonyl (C=O) groups is 1. The highest BCUT2D eigenvalue weighted by atomic mass is 16.1. The number of rotatable bonds is 8. The molecule has 0 spiro atoms. The van der Waals surface area contributed by atoms with Crippen LogP contribution in [0.25, 0.3) is 0 Å². The minimum atomic E-state index is -0.0432. The summed E-state index contributed by atoms with van der Waals surface area (Å²) in [6, 6.07) is 8.71. The van der Waals surface area contributed by atoms with Crippen molar-refractivity contribution in [1.29, 1.82) is 0 Å². The van der Waals surface area contributed by atoms with Crippen LogP contribution >= 0.6 is 0 Å². The molecule has 0 radical (unpaired) electrons. The van der Waals surface area contributed by atoms with E-state index < -0.39 is 0 Å². The maximum atomic E-state index is 11.8. The maximum Gasteiger partial charge on any atom is 0.233 e. The minimum absolute atomic E-state index is 0.0432. The average Bonchev–Trinajstić information content (AvgIpc) is 3.29. The normalized spacial score (nSPS) is 15.0. The number of amides is 1. The van der Waals surface area contributed by atoms with Crippen molar-refractivity contribution < 1.29 is 4.79 Å². The molecule has 1 saturated carbocycles. The molecule has 0 bridgehead atoms. The molecule has 0 saturated heterocycles. The van der Waals surface area contributed by atoms with Crippen LogP contribution < -0.4 is 10.6 Å². The molecule has 2 rings (SSSR count). The summed E-state index contributed by atoms with van der Waals surface area (Å²) in [6.45, 7) is 8.59. The molecule has 0 unspecified atom stereocenters. The van der Waals surface area contributed by atoms with E-state index in [0.717, 1.165) is 18.9 Å². The molecular weight excluding hydrogens is 260 g/mol. The Balaban J connectivity index is 1.77. The molecule has 1 amide bonds. The first-order chi connectivity index (χ1) is 10.0. The fourth-order valence-electron chi connectivity index (χ4n) is 2.39. The van der Waals surface area contributed by atoms with Crippen molar-refractivity contribution in [3.05, 3.63) is 35.4 Å². The van der Waals surface area contributed by atoms with Crippen molar-refractivity contribution in [2.45, 2.75) is 45.4 Å². The summed E-state index contributed by atoms with van der Waals surface area (Å²) in [5.74, 6) is 0.903. The lowest BCUT2D eigenvalue weighted by Gasteiger charge is -2.26. The Morgan fingerprint density at radius 3 is 2.48 bits per heavy atom. The monoisotopic (exact) mass is 288 g/mol. The fourth-order valence-corrected chi connectivity index (χ4v) is 2.39. The Morgan fingerprint density at radius 2 is 1.90 bits per heavy atom. The summed E-state index contributed by atoms with van der Waals surface area (Å²) >= 11 is 0. The van der Waals surface area contributed by atoms with E-state index in [9.17, 15) is 4.79 Å². The summed E-state index contributed by atoms with van der Waals surface area (Å²) in [5.41, 5.74) is 2.58. The molecule has 0 heterocycles. The third-order valence-corrected chi connectivity index (χ3v) is 4.29. The van der Waals surface area contributed by atoms with E-state index in [1.54, 1.807) is 0 Å². The molecule has 1 aliphatic carbocycles. The fraction of sp³-hybridized carbons (Fsp3) is 0.611. The number of hydrogen-bond donors (Lipinski definition) is 2. The van der Waals surface area contributed by atoms with Gasteiger partial charge in [0.1, 0.15) is 0 Å². The van der Waals surface area contributed by atoms with Crippen LogP contribution in [0.15, 0.2) is 24.3 Å². The number of aryl methyl sites for hydroxylation is 1. The van der Waals surface area contributed by atoms with Crippen molar-refractivity contribution in [2.24, 2.45) is 5.92 Å². The van der Waals surface area contributed by atoms with Gasteiger partial charge in [-0.15, -0.1) is 0 Å². The molecule has 1 aliphatic rings. The zero-order valence-electron chi connectivity index (χ0n) is 13.5. The average molecular weight is 288 g/mol. The van der Waals surface area contributed by atoms with E-state index in [2.05, 4.69) is 55.7 Å². The first-order valence-corrected chi connectivity index (χ1v) is 8.08. The summed E-state index contributed by atoms with van der Waals surface area (Å²) < 4.78 is 0. The van der Waals surface area contributed by atoms with Gasteiger partial charge in [-0.3, -0.25) is 4.79 Å². The molecule has 1 fully saturated rings.